The second-order valence-corrected chi connectivity index (χ2v) is 6.96. The Bertz CT molecular complexity index is 446. The molecule has 3 rings (SSSR count). The standard InChI is InChI=1S/C15H21FN2S/c1-11-14(6-9-19-11)17-12-4-5-15(13(16)10-12)18-7-2-3-8-18/h4-5,10-11,14,17H,2-3,6-9H2,1H3. The Morgan fingerprint density at radius 1 is 1.32 bits per heavy atom. The molecule has 0 amide bonds. The first-order chi connectivity index (χ1) is 9.24. The van der Waals surface area contributed by atoms with Gasteiger partial charge in [0.05, 0.1) is 5.69 Å². The monoisotopic (exact) mass is 280 g/mol. The van der Waals surface area contributed by atoms with Gasteiger partial charge in [-0.05, 0) is 43.2 Å². The number of benzene rings is 1. The lowest BCUT2D eigenvalue weighted by Crippen LogP contribution is -2.25. The van der Waals surface area contributed by atoms with Gasteiger partial charge in [-0.25, -0.2) is 4.39 Å². The molecule has 2 aliphatic heterocycles. The molecule has 2 unspecified atom stereocenters. The second kappa shape index (κ2) is 5.61. The SMILES string of the molecule is CC1SCCC1Nc1ccc(N2CCCC2)c(F)c1. The van der Waals surface area contributed by atoms with Crippen molar-refractivity contribution >= 4 is 23.1 Å². The maximum Gasteiger partial charge on any atom is 0.148 e. The molecule has 0 radical (unpaired) electrons. The van der Waals surface area contributed by atoms with E-state index < -0.39 is 0 Å². The van der Waals surface area contributed by atoms with E-state index >= 15 is 0 Å². The number of nitrogens with zero attached hydrogens (tertiary/aromatic N) is 1. The van der Waals surface area contributed by atoms with Gasteiger partial charge in [0.25, 0.3) is 0 Å². The average molecular weight is 280 g/mol. The highest BCUT2D eigenvalue weighted by molar-refractivity contribution is 8.00. The highest BCUT2D eigenvalue weighted by Gasteiger charge is 2.24. The molecule has 2 aliphatic rings. The zero-order valence-corrected chi connectivity index (χ0v) is 12.2. The van der Waals surface area contributed by atoms with Crippen LogP contribution in [0.5, 0.6) is 0 Å². The maximum atomic E-state index is 14.2. The summed E-state index contributed by atoms with van der Waals surface area (Å²) in [6.45, 7) is 4.21. The van der Waals surface area contributed by atoms with Crippen LogP contribution in [0.25, 0.3) is 0 Å². The van der Waals surface area contributed by atoms with Crippen molar-refractivity contribution in [2.24, 2.45) is 0 Å². The fourth-order valence-corrected chi connectivity index (χ4v) is 4.14. The smallest absolute Gasteiger partial charge is 0.148 e. The summed E-state index contributed by atoms with van der Waals surface area (Å²) in [5.41, 5.74) is 1.68. The molecule has 104 valence electrons. The van der Waals surface area contributed by atoms with Crippen molar-refractivity contribution in [1.29, 1.82) is 0 Å². The molecule has 2 nitrogen and oxygen atoms in total. The molecule has 1 aromatic rings. The lowest BCUT2D eigenvalue weighted by molar-refractivity contribution is 0.622. The van der Waals surface area contributed by atoms with E-state index in [9.17, 15) is 4.39 Å². The molecule has 19 heavy (non-hydrogen) atoms. The summed E-state index contributed by atoms with van der Waals surface area (Å²) >= 11 is 1.99. The second-order valence-electron chi connectivity index (χ2n) is 5.48. The molecule has 0 bridgehead atoms. The van der Waals surface area contributed by atoms with E-state index in [4.69, 9.17) is 0 Å². The molecule has 0 aliphatic carbocycles. The predicted octanol–water partition coefficient (Wildman–Crippen LogP) is 3.73. The fraction of sp³-hybridized carbons (Fsp3) is 0.600. The highest BCUT2D eigenvalue weighted by Crippen LogP contribution is 2.31. The minimum absolute atomic E-state index is 0.0924. The van der Waals surface area contributed by atoms with Gasteiger partial charge < -0.3 is 10.2 Å². The number of hydrogen-bond donors (Lipinski definition) is 1. The highest BCUT2D eigenvalue weighted by atomic mass is 32.2. The maximum absolute atomic E-state index is 14.2. The molecule has 2 fully saturated rings. The average Bonchev–Trinajstić information content (AvgIpc) is 3.02. The minimum Gasteiger partial charge on any atom is -0.381 e. The third kappa shape index (κ3) is 2.83. The van der Waals surface area contributed by atoms with E-state index in [-0.39, 0.29) is 5.82 Å². The van der Waals surface area contributed by atoms with Crippen molar-refractivity contribution in [2.75, 3.05) is 29.1 Å². The Labute approximate surface area is 118 Å². The van der Waals surface area contributed by atoms with Gasteiger partial charge in [-0.1, -0.05) is 6.92 Å². The van der Waals surface area contributed by atoms with E-state index in [1.807, 2.05) is 23.9 Å². The van der Waals surface area contributed by atoms with Crippen LogP contribution in [0.1, 0.15) is 26.2 Å². The van der Waals surface area contributed by atoms with Crippen molar-refractivity contribution in [3.63, 3.8) is 0 Å². The summed E-state index contributed by atoms with van der Waals surface area (Å²) in [4.78, 5) is 2.15. The summed E-state index contributed by atoms with van der Waals surface area (Å²) < 4.78 is 14.2. The van der Waals surface area contributed by atoms with Crippen LogP contribution in [0, 0.1) is 5.82 Å². The molecule has 2 heterocycles. The van der Waals surface area contributed by atoms with Gasteiger partial charge in [0.2, 0.25) is 0 Å². The largest absolute Gasteiger partial charge is 0.381 e. The van der Waals surface area contributed by atoms with Crippen LogP contribution in [0.3, 0.4) is 0 Å². The lowest BCUT2D eigenvalue weighted by atomic mass is 10.1. The topological polar surface area (TPSA) is 15.3 Å². The Balaban J connectivity index is 1.71. The first-order valence-corrected chi connectivity index (χ1v) is 8.21. The van der Waals surface area contributed by atoms with Crippen LogP contribution >= 0.6 is 11.8 Å². The number of thioether (sulfide) groups is 1. The van der Waals surface area contributed by atoms with Crippen molar-refractivity contribution in [3.05, 3.63) is 24.0 Å². The predicted molar refractivity (Wildman–Crippen MR) is 81.8 cm³/mol. The Kier molecular flexibility index (Phi) is 3.87. The van der Waals surface area contributed by atoms with Crippen LogP contribution in [0.2, 0.25) is 0 Å². The molecule has 0 saturated carbocycles. The summed E-state index contributed by atoms with van der Waals surface area (Å²) in [7, 11) is 0. The molecule has 1 N–H and O–H groups in total. The van der Waals surface area contributed by atoms with Crippen LogP contribution in [0.15, 0.2) is 18.2 Å². The molecule has 1 aromatic carbocycles. The zero-order chi connectivity index (χ0) is 13.2. The molecule has 0 spiro atoms. The zero-order valence-electron chi connectivity index (χ0n) is 11.4. The van der Waals surface area contributed by atoms with Crippen molar-refractivity contribution in [1.82, 2.24) is 0 Å². The van der Waals surface area contributed by atoms with Gasteiger partial charge in [-0.3, -0.25) is 0 Å². The Morgan fingerprint density at radius 3 is 2.74 bits per heavy atom. The minimum atomic E-state index is -0.0924. The van der Waals surface area contributed by atoms with Gasteiger partial charge in [-0.15, -0.1) is 0 Å². The summed E-state index contributed by atoms with van der Waals surface area (Å²) in [5.74, 6) is 1.11. The van der Waals surface area contributed by atoms with E-state index in [1.54, 1.807) is 6.07 Å². The molecule has 0 aromatic heterocycles. The first kappa shape index (κ1) is 13.1. The molecular formula is C15H21FN2S. The fourth-order valence-electron chi connectivity index (χ4n) is 2.95. The summed E-state index contributed by atoms with van der Waals surface area (Å²) in [6, 6.07) is 6.08. The number of nitrogens with one attached hydrogen (secondary N) is 1. The van der Waals surface area contributed by atoms with Gasteiger partial charge in [0.15, 0.2) is 0 Å². The molecular weight excluding hydrogens is 259 g/mol. The van der Waals surface area contributed by atoms with Crippen molar-refractivity contribution in [3.8, 4) is 0 Å². The van der Waals surface area contributed by atoms with Gasteiger partial charge in [-0.2, -0.15) is 11.8 Å². The van der Waals surface area contributed by atoms with Crippen LogP contribution < -0.4 is 10.2 Å². The summed E-state index contributed by atoms with van der Waals surface area (Å²) in [5, 5.41) is 4.08. The lowest BCUT2D eigenvalue weighted by Gasteiger charge is -2.21. The normalized spacial score (nSPS) is 26.9. The van der Waals surface area contributed by atoms with E-state index in [0.717, 1.165) is 24.5 Å². The van der Waals surface area contributed by atoms with Crippen LogP contribution in [0.4, 0.5) is 15.8 Å². The Hall–Kier alpha value is -0.900. The van der Waals surface area contributed by atoms with Crippen LogP contribution in [-0.2, 0) is 0 Å². The first-order valence-electron chi connectivity index (χ1n) is 7.17. The number of rotatable bonds is 3. The number of hydrogen-bond acceptors (Lipinski definition) is 3. The molecule has 2 atom stereocenters. The van der Waals surface area contributed by atoms with Crippen LogP contribution in [-0.4, -0.2) is 30.1 Å². The van der Waals surface area contributed by atoms with Crippen molar-refractivity contribution in [2.45, 2.75) is 37.5 Å². The molecule has 2 saturated heterocycles. The quantitative estimate of drug-likeness (QED) is 0.908. The van der Waals surface area contributed by atoms with Gasteiger partial charge in [0.1, 0.15) is 5.82 Å². The van der Waals surface area contributed by atoms with E-state index in [2.05, 4.69) is 17.1 Å². The Morgan fingerprint density at radius 2 is 2.11 bits per heavy atom. The molecule has 4 heteroatoms. The third-order valence-electron chi connectivity index (χ3n) is 4.12. The third-order valence-corrected chi connectivity index (χ3v) is 5.45. The van der Waals surface area contributed by atoms with E-state index in [0.29, 0.717) is 11.3 Å². The number of anilines is 2. The number of halogens is 1. The van der Waals surface area contributed by atoms with Gasteiger partial charge in [0, 0.05) is 30.1 Å². The van der Waals surface area contributed by atoms with Crippen molar-refractivity contribution < 1.29 is 4.39 Å². The van der Waals surface area contributed by atoms with Gasteiger partial charge >= 0.3 is 0 Å². The summed E-state index contributed by atoms with van der Waals surface area (Å²) in [6.07, 6.45) is 3.52. The van der Waals surface area contributed by atoms with E-state index in [1.165, 1.54) is 25.0 Å².